The van der Waals surface area contributed by atoms with Crippen LogP contribution in [0.1, 0.15) is 54.7 Å². The van der Waals surface area contributed by atoms with Gasteiger partial charge in [-0.2, -0.15) is 0 Å². The molecule has 9 nitrogen and oxygen atoms in total. The monoisotopic (exact) mass is 509 g/mol. The number of benzene rings is 1. The molecule has 2 aliphatic rings. The Kier molecular flexibility index (Phi) is 6.46. The summed E-state index contributed by atoms with van der Waals surface area (Å²) >= 11 is 1.43. The molecule has 190 valence electrons. The number of fused-ring (bicyclic) bond motifs is 2. The van der Waals surface area contributed by atoms with Crippen LogP contribution in [0.25, 0.3) is 10.9 Å². The maximum absolute atomic E-state index is 13.1. The molecule has 2 aliphatic heterocycles. The number of H-pyrrole nitrogens is 1. The van der Waals surface area contributed by atoms with Gasteiger partial charge in [-0.05, 0) is 45.7 Å². The Bertz CT molecular complexity index is 1270. The average molecular weight is 510 g/mol. The van der Waals surface area contributed by atoms with Gasteiger partial charge in [0.1, 0.15) is 11.3 Å². The van der Waals surface area contributed by atoms with E-state index in [4.69, 9.17) is 4.74 Å². The van der Waals surface area contributed by atoms with Crippen LogP contribution in [-0.4, -0.2) is 62.9 Å². The summed E-state index contributed by atoms with van der Waals surface area (Å²) in [4.78, 5) is 50.6. The SMILES string of the molecule is CC(C)(C)OC(=O)N1CCC(C(=O)Nc2nc3c(s2)CN(C(=O)c2cc4ccccc4[nH]2)CC3)CC1. The third-order valence-corrected chi connectivity index (χ3v) is 7.52. The number of aromatic amines is 1. The Hall–Kier alpha value is -3.40. The van der Waals surface area contributed by atoms with Crippen LogP contribution in [0, 0.1) is 5.92 Å². The molecular formula is C26H31N5O4S. The van der Waals surface area contributed by atoms with Gasteiger partial charge in [-0.1, -0.05) is 29.5 Å². The van der Waals surface area contributed by atoms with Crippen molar-refractivity contribution in [1.82, 2.24) is 19.8 Å². The van der Waals surface area contributed by atoms with E-state index in [1.54, 1.807) is 4.90 Å². The molecule has 1 saturated heterocycles. The van der Waals surface area contributed by atoms with Gasteiger partial charge in [-0.15, -0.1) is 0 Å². The number of rotatable bonds is 3. The summed E-state index contributed by atoms with van der Waals surface area (Å²) in [5.41, 5.74) is 1.93. The Labute approximate surface area is 213 Å². The smallest absolute Gasteiger partial charge is 0.410 e. The highest BCUT2D eigenvalue weighted by Gasteiger charge is 2.31. The van der Waals surface area contributed by atoms with Crippen LogP contribution in [0.4, 0.5) is 9.93 Å². The standard InChI is InChI=1S/C26H31N5O4S/c1-26(2,3)35-25(34)30-11-8-16(9-12-30)22(32)29-24-28-19-10-13-31(15-21(19)36-24)23(33)20-14-17-6-4-5-7-18(17)27-20/h4-7,14,16,27H,8-13,15H2,1-3H3,(H,28,29,32). The number of nitrogens with one attached hydrogen (secondary N) is 2. The summed E-state index contributed by atoms with van der Waals surface area (Å²) in [5, 5.41) is 4.55. The number of carbonyl (C=O) groups excluding carboxylic acids is 3. The van der Waals surface area contributed by atoms with Crippen molar-refractivity contribution in [2.75, 3.05) is 25.0 Å². The topological polar surface area (TPSA) is 108 Å². The fourth-order valence-corrected chi connectivity index (χ4v) is 5.67. The number of anilines is 1. The minimum Gasteiger partial charge on any atom is -0.444 e. The summed E-state index contributed by atoms with van der Waals surface area (Å²) in [6.07, 6.45) is 1.49. The first-order valence-electron chi connectivity index (χ1n) is 12.3. The van der Waals surface area contributed by atoms with Gasteiger partial charge in [0, 0.05) is 47.8 Å². The molecular weight excluding hydrogens is 478 g/mol. The lowest BCUT2D eigenvalue weighted by Gasteiger charge is -2.32. The molecule has 0 radical (unpaired) electrons. The quantitative estimate of drug-likeness (QED) is 0.544. The summed E-state index contributed by atoms with van der Waals surface area (Å²) in [6.45, 7) is 7.58. The normalized spacial score (nSPS) is 16.6. The third-order valence-electron chi connectivity index (χ3n) is 6.53. The number of amides is 3. The number of para-hydroxylation sites is 1. The van der Waals surface area contributed by atoms with E-state index >= 15 is 0 Å². The van der Waals surface area contributed by atoms with Crippen molar-refractivity contribution in [3.63, 3.8) is 0 Å². The lowest BCUT2D eigenvalue weighted by molar-refractivity contribution is -0.121. The second kappa shape index (κ2) is 9.57. The van der Waals surface area contributed by atoms with Crippen molar-refractivity contribution in [3.8, 4) is 0 Å². The summed E-state index contributed by atoms with van der Waals surface area (Å²) in [7, 11) is 0. The highest BCUT2D eigenvalue weighted by atomic mass is 32.1. The van der Waals surface area contributed by atoms with Crippen molar-refractivity contribution in [3.05, 3.63) is 46.6 Å². The van der Waals surface area contributed by atoms with Crippen LogP contribution < -0.4 is 5.32 Å². The van der Waals surface area contributed by atoms with Crippen molar-refractivity contribution in [1.29, 1.82) is 0 Å². The van der Waals surface area contributed by atoms with Gasteiger partial charge in [0.25, 0.3) is 5.91 Å². The molecule has 0 atom stereocenters. The Balaban J connectivity index is 1.16. The predicted octanol–water partition coefficient (Wildman–Crippen LogP) is 4.41. The van der Waals surface area contributed by atoms with Gasteiger partial charge < -0.3 is 24.8 Å². The molecule has 0 unspecified atom stereocenters. The van der Waals surface area contributed by atoms with Crippen LogP contribution in [0.3, 0.4) is 0 Å². The number of piperidine rings is 1. The zero-order valence-corrected chi connectivity index (χ0v) is 21.6. The number of nitrogens with zero attached hydrogens (tertiary/aromatic N) is 3. The molecule has 0 aliphatic carbocycles. The number of carbonyl (C=O) groups is 3. The van der Waals surface area contributed by atoms with Gasteiger partial charge in [0.05, 0.1) is 12.2 Å². The second-order valence-electron chi connectivity index (χ2n) is 10.4. The number of hydrogen-bond acceptors (Lipinski definition) is 6. The van der Waals surface area contributed by atoms with Crippen LogP contribution >= 0.6 is 11.3 Å². The van der Waals surface area contributed by atoms with Gasteiger partial charge in [0.15, 0.2) is 5.13 Å². The molecule has 0 saturated carbocycles. The molecule has 2 N–H and O–H groups in total. The van der Waals surface area contributed by atoms with Crippen LogP contribution in [0.2, 0.25) is 0 Å². The van der Waals surface area contributed by atoms with Crippen molar-refractivity contribution < 1.29 is 19.1 Å². The molecule has 10 heteroatoms. The number of ether oxygens (including phenoxy) is 1. The fraction of sp³-hybridized carbons (Fsp3) is 0.462. The average Bonchev–Trinajstić information content (AvgIpc) is 3.45. The van der Waals surface area contributed by atoms with E-state index < -0.39 is 5.60 Å². The zero-order chi connectivity index (χ0) is 25.4. The van der Waals surface area contributed by atoms with Crippen LogP contribution in [0.5, 0.6) is 0 Å². The summed E-state index contributed by atoms with van der Waals surface area (Å²) in [6, 6.07) is 9.73. The summed E-state index contributed by atoms with van der Waals surface area (Å²) in [5.74, 6) is -0.284. The van der Waals surface area contributed by atoms with E-state index in [9.17, 15) is 14.4 Å². The number of likely N-dealkylation sites (tertiary alicyclic amines) is 1. The predicted molar refractivity (Wildman–Crippen MR) is 138 cm³/mol. The lowest BCUT2D eigenvalue weighted by Crippen LogP contribution is -2.43. The van der Waals surface area contributed by atoms with Crippen molar-refractivity contribution >= 4 is 45.3 Å². The lowest BCUT2D eigenvalue weighted by atomic mass is 9.96. The van der Waals surface area contributed by atoms with E-state index in [1.165, 1.54) is 11.3 Å². The molecule has 5 rings (SSSR count). The second-order valence-corrected chi connectivity index (χ2v) is 11.5. The van der Waals surface area contributed by atoms with Crippen LogP contribution in [0.15, 0.2) is 30.3 Å². The highest BCUT2D eigenvalue weighted by Crippen LogP contribution is 2.30. The van der Waals surface area contributed by atoms with Gasteiger partial charge in [-0.25, -0.2) is 9.78 Å². The van der Waals surface area contributed by atoms with E-state index in [0.29, 0.717) is 56.3 Å². The molecule has 3 aromatic rings. The van der Waals surface area contributed by atoms with Gasteiger partial charge in [0.2, 0.25) is 5.91 Å². The van der Waals surface area contributed by atoms with Gasteiger partial charge >= 0.3 is 6.09 Å². The highest BCUT2D eigenvalue weighted by molar-refractivity contribution is 7.15. The van der Waals surface area contributed by atoms with E-state index in [-0.39, 0.29) is 23.8 Å². The Morgan fingerprint density at radius 3 is 2.58 bits per heavy atom. The Morgan fingerprint density at radius 1 is 1.11 bits per heavy atom. The molecule has 1 fully saturated rings. The van der Waals surface area contributed by atoms with E-state index in [1.807, 2.05) is 56.0 Å². The number of hydrogen-bond donors (Lipinski definition) is 2. The molecule has 36 heavy (non-hydrogen) atoms. The minimum atomic E-state index is -0.537. The third kappa shape index (κ3) is 5.23. The van der Waals surface area contributed by atoms with Crippen LogP contribution in [-0.2, 0) is 22.5 Å². The maximum Gasteiger partial charge on any atom is 0.410 e. The Morgan fingerprint density at radius 2 is 1.86 bits per heavy atom. The van der Waals surface area contributed by atoms with Gasteiger partial charge in [-0.3, -0.25) is 9.59 Å². The van der Waals surface area contributed by atoms with Crippen molar-refractivity contribution in [2.24, 2.45) is 5.92 Å². The summed E-state index contributed by atoms with van der Waals surface area (Å²) < 4.78 is 5.43. The van der Waals surface area contributed by atoms with Crippen molar-refractivity contribution in [2.45, 2.75) is 52.2 Å². The fourth-order valence-electron chi connectivity index (χ4n) is 4.64. The molecule has 0 bridgehead atoms. The van der Waals surface area contributed by atoms with E-state index in [2.05, 4.69) is 15.3 Å². The maximum atomic E-state index is 13.1. The zero-order valence-electron chi connectivity index (χ0n) is 20.8. The first-order valence-corrected chi connectivity index (χ1v) is 13.1. The first kappa shape index (κ1) is 24.3. The molecule has 4 heterocycles. The molecule has 2 aromatic heterocycles. The molecule has 1 aromatic carbocycles. The minimum absolute atomic E-state index is 0.0346. The number of thiazole rings is 1. The molecule has 3 amide bonds. The first-order chi connectivity index (χ1) is 17.2. The largest absolute Gasteiger partial charge is 0.444 e. The molecule has 0 spiro atoms. The number of aromatic nitrogens is 2. The van der Waals surface area contributed by atoms with E-state index in [0.717, 1.165) is 21.5 Å².